The third kappa shape index (κ3) is 4.85. The van der Waals surface area contributed by atoms with Gasteiger partial charge in [-0.1, -0.05) is 0 Å². The van der Waals surface area contributed by atoms with Gasteiger partial charge in [0.05, 0.1) is 12.2 Å². The molecule has 0 atom stereocenters. The number of nitrogens with zero attached hydrogens (tertiary/aromatic N) is 3. The molecular formula is C21H30ClN5O2. The van der Waals surface area contributed by atoms with Gasteiger partial charge in [0.25, 0.3) is 0 Å². The smallest absolute Gasteiger partial charge is 0.169 e. The number of pyridine rings is 1. The molecule has 3 fully saturated rings. The van der Waals surface area contributed by atoms with Gasteiger partial charge in [-0.05, 0) is 63.7 Å². The molecule has 4 heterocycles. The molecule has 0 unspecified atom stereocenters. The zero-order valence-corrected chi connectivity index (χ0v) is 17.5. The summed E-state index contributed by atoms with van der Waals surface area (Å²) in [7, 11) is 0. The highest BCUT2D eigenvalue weighted by molar-refractivity contribution is 5.85. The van der Waals surface area contributed by atoms with E-state index in [0.717, 1.165) is 75.0 Å². The van der Waals surface area contributed by atoms with Crippen LogP contribution in [-0.2, 0) is 4.74 Å². The molecule has 8 heteroatoms. The fourth-order valence-electron chi connectivity index (χ4n) is 4.11. The Morgan fingerprint density at radius 1 is 1.07 bits per heavy atom. The van der Waals surface area contributed by atoms with Crippen LogP contribution in [0.1, 0.15) is 56.2 Å². The molecule has 7 nitrogen and oxygen atoms in total. The molecule has 2 N–H and O–H groups in total. The molecular weight excluding hydrogens is 390 g/mol. The van der Waals surface area contributed by atoms with E-state index in [-0.39, 0.29) is 12.4 Å². The predicted molar refractivity (Wildman–Crippen MR) is 114 cm³/mol. The molecule has 2 aromatic heterocycles. The first-order chi connectivity index (χ1) is 13.9. The van der Waals surface area contributed by atoms with Crippen molar-refractivity contribution in [3.8, 4) is 11.5 Å². The summed E-state index contributed by atoms with van der Waals surface area (Å²) in [6, 6.07) is 4.90. The van der Waals surface area contributed by atoms with Crippen molar-refractivity contribution in [3.05, 3.63) is 30.2 Å². The maximum Gasteiger partial charge on any atom is 0.169 e. The summed E-state index contributed by atoms with van der Waals surface area (Å²) in [4.78, 5) is 4.56. The average molecular weight is 420 g/mol. The summed E-state index contributed by atoms with van der Waals surface area (Å²) in [6.07, 6.45) is 10.5. The van der Waals surface area contributed by atoms with E-state index in [4.69, 9.17) is 14.6 Å². The van der Waals surface area contributed by atoms with Crippen molar-refractivity contribution in [3.63, 3.8) is 0 Å². The lowest BCUT2D eigenvalue weighted by Gasteiger charge is -2.25. The van der Waals surface area contributed by atoms with E-state index in [1.807, 2.05) is 18.3 Å². The molecule has 0 bridgehead atoms. The molecule has 2 saturated heterocycles. The zero-order chi connectivity index (χ0) is 18.8. The molecule has 1 saturated carbocycles. The number of halogens is 1. The number of hydrogen-bond acceptors (Lipinski definition) is 6. The molecule has 29 heavy (non-hydrogen) atoms. The number of rotatable bonds is 6. The van der Waals surface area contributed by atoms with Crippen LogP contribution in [0.4, 0.5) is 5.82 Å². The summed E-state index contributed by atoms with van der Waals surface area (Å²) in [6.45, 7) is 3.69. The van der Waals surface area contributed by atoms with Gasteiger partial charge in [-0.3, -0.25) is 4.68 Å². The van der Waals surface area contributed by atoms with Crippen LogP contribution < -0.4 is 15.4 Å². The number of anilines is 1. The second-order valence-corrected chi connectivity index (χ2v) is 8.10. The first-order valence-corrected chi connectivity index (χ1v) is 10.6. The Balaban J connectivity index is 0.00000205. The quantitative estimate of drug-likeness (QED) is 0.740. The number of piperidine rings is 1. The van der Waals surface area contributed by atoms with Crippen LogP contribution in [0.15, 0.2) is 24.5 Å². The van der Waals surface area contributed by atoms with E-state index >= 15 is 0 Å². The second-order valence-electron chi connectivity index (χ2n) is 8.10. The number of hydrogen-bond donors (Lipinski definition) is 2. The highest BCUT2D eigenvalue weighted by Crippen LogP contribution is 2.41. The third-order valence-electron chi connectivity index (χ3n) is 5.92. The number of aromatic nitrogens is 3. The van der Waals surface area contributed by atoms with Gasteiger partial charge in [-0.15, -0.1) is 12.4 Å². The van der Waals surface area contributed by atoms with Gasteiger partial charge < -0.3 is 20.1 Å². The van der Waals surface area contributed by atoms with Gasteiger partial charge in [0.1, 0.15) is 5.69 Å². The summed E-state index contributed by atoms with van der Waals surface area (Å²) >= 11 is 0. The molecule has 3 aliphatic rings. The minimum Gasteiger partial charge on any atom is -0.450 e. The van der Waals surface area contributed by atoms with Gasteiger partial charge in [0.15, 0.2) is 17.3 Å². The molecule has 1 aliphatic carbocycles. The summed E-state index contributed by atoms with van der Waals surface area (Å²) in [5.41, 5.74) is 1.08. The lowest BCUT2D eigenvalue weighted by atomic mass is 9.96. The van der Waals surface area contributed by atoms with Crippen LogP contribution in [0, 0.1) is 0 Å². The summed E-state index contributed by atoms with van der Waals surface area (Å²) in [5.74, 6) is 2.89. The van der Waals surface area contributed by atoms with Gasteiger partial charge in [0, 0.05) is 31.4 Å². The Morgan fingerprint density at radius 2 is 1.86 bits per heavy atom. The highest BCUT2D eigenvalue weighted by Gasteiger charge is 2.30. The van der Waals surface area contributed by atoms with Crippen molar-refractivity contribution in [1.82, 2.24) is 20.1 Å². The Bertz CT molecular complexity index is 798. The topological polar surface area (TPSA) is 73.2 Å². The minimum atomic E-state index is 0. The lowest BCUT2D eigenvalue weighted by molar-refractivity contribution is 0.0839. The summed E-state index contributed by atoms with van der Waals surface area (Å²) < 4.78 is 14.1. The van der Waals surface area contributed by atoms with E-state index in [2.05, 4.69) is 26.5 Å². The largest absolute Gasteiger partial charge is 0.450 e. The summed E-state index contributed by atoms with van der Waals surface area (Å²) in [5, 5.41) is 11.9. The fourth-order valence-corrected chi connectivity index (χ4v) is 4.11. The van der Waals surface area contributed by atoms with Crippen molar-refractivity contribution in [2.45, 2.75) is 56.5 Å². The molecule has 2 aliphatic heterocycles. The molecule has 5 rings (SSSR count). The van der Waals surface area contributed by atoms with Crippen LogP contribution in [0.25, 0.3) is 0 Å². The van der Waals surface area contributed by atoms with E-state index in [0.29, 0.717) is 18.0 Å². The maximum absolute atomic E-state index is 6.43. The third-order valence-corrected chi connectivity index (χ3v) is 5.92. The van der Waals surface area contributed by atoms with Gasteiger partial charge >= 0.3 is 0 Å². The van der Waals surface area contributed by atoms with Crippen LogP contribution in [-0.4, -0.2) is 47.1 Å². The van der Waals surface area contributed by atoms with Crippen molar-refractivity contribution in [2.75, 3.05) is 31.6 Å². The standard InChI is InChI=1S/C21H29N5O2.ClH/c1-2-18(21(23-9-1)24-16-5-10-22-11-6-16)28-19-14-26(17-3-4-17)25-20(19)15-7-12-27-13-8-15;/h1-2,9,14-17,22H,3-8,10-13H2,(H,23,24);1H. The average Bonchev–Trinajstić information content (AvgIpc) is 3.51. The Morgan fingerprint density at radius 3 is 2.62 bits per heavy atom. The van der Waals surface area contributed by atoms with Gasteiger partial charge in [-0.2, -0.15) is 5.10 Å². The zero-order valence-electron chi connectivity index (χ0n) is 16.7. The van der Waals surface area contributed by atoms with Gasteiger partial charge in [0.2, 0.25) is 0 Å². The van der Waals surface area contributed by atoms with Crippen LogP contribution in [0.2, 0.25) is 0 Å². The maximum atomic E-state index is 6.43. The van der Waals surface area contributed by atoms with Crippen LogP contribution in [0.3, 0.4) is 0 Å². The van der Waals surface area contributed by atoms with Crippen LogP contribution in [0.5, 0.6) is 11.5 Å². The monoisotopic (exact) mass is 419 g/mol. The van der Waals surface area contributed by atoms with E-state index < -0.39 is 0 Å². The fraction of sp³-hybridized carbons (Fsp3) is 0.619. The first kappa shape index (κ1) is 20.4. The molecule has 2 aromatic rings. The number of nitrogens with one attached hydrogen (secondary N) is 2. The predicted octanol–water partition coefficient (Wildman–Crippen LogP) is 3.89. The Labute approximate surface area is 178 Å². The second kappa shape index (κ2) is 9.32. The Hall–Kier alpha value is -1.83. The normalized spacial score (nSPS) is 20.8. The van der Waals surface area contributed by atoms with Crippen LogP contribution >= 0.6 is 12.4 Å². The lowest BCUT2D eigenvalue weighted by Crippen LogP contribution is -2.35. The van der Waals surface area contributed by atoms with E-state index in [9.17, 15) is 0 Å². The Kier molecular flexibility index (Phi) is 6.57. The van der Waals surface area contributed by atoms with E-state index in [1.165, 1.54) is 12.8 Å². The minimum absolute atomic E-state index is 0. The van der Waals surface area contributed by atoms with Crippen molar-refractivity contribution in [2.24, 2.45) is 0 Å². The van der Waals surface area contributed by atoms with E-state index in [1.54, 1.807) is 0 Å². The molecule has 158 valence electrons. The van der Waals surface area contributed by atoms with Crippen molar-refractivity contribution >= 4 is 18.2 Å². The van der Waals surface area contributed by atoms with Gasteiger partial charge in [-0.25, -0.2) is 4.98 Å². The molecule has 0 radical (unpaired) electrons. The number of ether oxygens (including phenoxy) is 2. The molecule has 0 spiro atoms. The SMILES string of the molecule is Cl.c1cnc(NC2CCNCC2)c(Oc2cn(C3CC3)nc2C2CCOCC2)c1. The van der Waals surface area contributed by atoms with Crippen molar-refractivity contribution in [1.29, 1.82) is 0 Å². The first-order valence-electron chi connectivity index (χ1n) is 10.6. The highest BCUT2D eigenvalue weighted by atomic mass is 35.5. The molecule has 0 aromatic carbocycles. The molecule has 0 amide bonds. The van der Waals surface area contributed by atoms with Crippen molar-refractivity contribution < 1.29 is 9.47 Å².